The molecule has 2 aromatic rings. The molecule has 1 atom stereocenters. The number of aliphatic hydroxyl groups excluding tert-OH is 1. The van der Waals surface area contributed by atoms with Gasteiger partial charge < -0.3 is 15.5 Å². The van der Waals surface area contributed by atoms with Gasteiger partial charge in [-0.1, -0.05) is 12.1 Å². The van der Waals surface area contributed by atoms with Crippen molar-refractivity contribution in [3.8, 4) is 11.1 Å². The van der Waals surface area contributed by atoms with Crippen molar-refractivity contribution in [2.75, 3.05) is 6.61 Å². The normalized spacial score (nSPS) is 11.8. The van der Waals surface area contributed by atoms with E-state index in [0.29, 0.717) is 5.56 Å². The molecule has 1 heterocycles. The summed E-state index contributed by atoms with van der Waals surface area (Å²) in [5.74, 6) is -1.83. The first-order valence-electron chi connectivity index (χ1n) is 5.85. The topological polar surface area (TPSA) is 115 Å². The smallest absolute Gasteiger partial charge is 0.328 e. The van der Waals surface area contributed by atoms with Gasteiger partial charge in [0.1, 0.15) is 0 Å². The number of amides is 1. The summed E-state index contributed by atoms with van der Waals surface area (Å²) in [6.45, 7) is -0.659. The summed E-state index contributed by atoms with van der Waals surface area (Å²) in [4.78, 5) is 22.5. The number of aliphatic hydroxyl groups is 1. The molecule has 0 radical (unpaired) electrons. The second kappa shape index (κ2) is 5.98. The number of aromatic amines is 1. The number of nitrogens with one attached hydrogen (secondary N) is 2. The summed E-state index contributed by atoms with van der Waals surface area (Å²) < 4.78 is 0. The van der Waals surface area contributed by atoms with Crippen LogP contribution in [0, 0.1) is 0 Å². The van der Waals surface area contributed by atoms with E-state index in [1.807, 2.05) is 0 Å². The fourth-order valence-electron chi connectivity index (χ4n) is 1.65. The molecule has 0 spiro atoms. The molecule has 0 bridgehead atoms. The lowest BCUT2D eigenvalue weighted by Gasteiger charge is -2.11. The van der Waals surface area contributed by atoms with Crippen LogP contribution in [0.15, 0.2) is 36.7 Å². The zero-order chi connectivity index (χ0) is 14.5. The molecule has 0 aliphatic heterocycles. The standard InChI is InChI=1S/C13H13N3O4/c17-7-11(13(19)20)16-12(18)9-3-1-8(2-4-9)10-5-14-15-6-10/h1-6,11,17H,7H2,(H,14,15)(H,16,18)(H,19,20). The van der Waals surface area contributed by atoms with Crippen LogP contribution in [0.3, 0.4) is 0 Å². The third kappa shape index (κ3) is 3.01. The summed E-state index contributed by atoms with van der Waals surface area (Å²) in [5.41, 5.74) is 2.08. The quantitative estimate of drug-likeness (QED) is 0.624. The maximum absolute atomic E-state index is 11.8. The Bertz CT molecular complexity index is 593. The van der Waals surface area contributed by atoms with Crippen molar-refractivity contribution in [2.45, 2.75) is 6.04 Å². The third-order valence-corrected chi connectivity index (χ3v) is 2.76. The van der Waals surface area contributed by atoms with Gasteiger partial charge in [-0.15, -0.1) is 0 Å². The number of carboxylic acids is 1. The number of aliphatic carboxylic acids is 1. The van der Waals surface area contributed by atoms with Crippen molar-refractivity contribution in [2.24, 2.45) is 0 Å². The van der Waals surface area contributed by atoms with E-state index in [-0.39, 0.29) is 0 Å². The van der Waals surface area contributed by atoms with Gasteiger partial charge in [0.25, 0.3) is 5.91 Å². The fourth-order valence-corrected chi connectivity index (χ4v) is 1.65. The van der Waals surface area contributed by atoms with Crippen molar-refractivity contribution >= 4 is 11.9 Å². The number of nitrogens with zero attached hydrogens (tertiary/aromatic N) is 1. The molecule has 4 N–H and O–H groups in total. The van der Waals surface area contributed by atoms with E-state index in [4.69, 9.17) is 10.2 Å². The molecule has 0 aliphatic rings. The molecule has 104 valence electrons. The molecular formula is C13H13N3O4. The first-order valence-corrected chi connectivity index (χ1v) is 5.85. The average molecular weight is 275 g/mol. The molecule has 0 aliphatic carbocycles. The summed E-state index contributed by atoms with van der Waals surface area (Å²) >= 11 is 0. The summed E-state index contributed by atoms with van der Waals surface area (Å²) in [6.07, 6.45) is 3.38. The van der Waals surface area contributed by atoms with E-state index in [2.05, 4.69) is 15.5 Å². The summed E-state index contributed by atoms with van der Waals surface area (Å²) in [7, 11) is 0. The Balaban J connectivity index is 2.10. The van der Waals surface area contributed by atoms with Gasteiger partial charge in [0, 0.05) is 17.3 Å². The minimum absolute atomic E-state index is 0.317. The van der Waals surface area contributed by atoms with E-state index in [0.717, 1.165) is 11.1 Å². The highest BCUT2D eigenvalue weighted by Crippen LogP contribution is 2.17. The number of H-pyrrole nitrogens is 1. The molecule has 1 aromatic heterocycles. The second-order valence-corrected chi connectivity index (χ2v) is 4.11. The van der Waals surface area contributed by atoms with E-state index in [1.54, 1.807) is 36.7 Å². The number of carbonyl (C=O) groups excluding carboxylic acids is 1. The van der Waals surface area contributed by atoms with Crippen LogP contribution in [0.1, 0.15) is 10.4 Å². The maximum Gasteiger partial charge on any atom is 0.328 e. The number of hydrogen-bond donors (Lipinski definition) is 4. The van der Waals surface area contributed by atoms with Crippen molar-refractivity contribution in [1.82, 2.24) is 15.5 Å². The Morgan fingerprint density at radius 3 is 2.45 bits per heavy atom. The number of rotatable bonds is 5. The molecule has 0 saturated heterocycles. The number of aromatic nitrogens is 2. The van der Waals surface area contributed by atoms with Crippen LogP contribution in [0.5, 0.6) is 0 Å². The number of hydrogen-bond acceptors (Lipinski definition) is 4. The van der Waals surface area contributed by atoms with Gasteiger partial charge in [-0.25, -0.2) is 4.79 Å². The predicted octanol–water partition coefficient (Wildman–Crippen LogP) is 0.252. The van der Waals surface area contributed by atoms with Gasteiger partial charge in [0.15, 0.2) is 6.04 Å². The Morgan fingerprint density at radius 2 is 1.95 bits per heavy atom. The SMILES string of the molecule is O=C(NC(CO)C(=O)O)c1ccc(-c2cn[nH]c2)cc1. The molecule has 1 amide bonds. The minimum Gasteiger partial charge on any atom is -0.480 e. The van der Waals surface area contributed by atoms with Crippen LogP contribution in [0.25, 0.3) is 11.1 Å². The van der Waals surface area contributed by atoms with Crippen LogP contribution in [-0.4, -0.2) is 44.9 Å². The Hall–Kier alpha value is -2.67. The molecule has 1 unspecified atom stereocenters. The summed E-state index contributed by atoms with van der Waals surface area (Å²) in [5, 5.41) is 26.4. The van der Waals surface area contributed by atoms with E-state index < -0.39 is 24.5 Å². The molecule has 7 nitrogen and oxygen atoms in total. The van der Waals surface area contributed by atoms with Crippen LogP contribution in [-0.2, 0) is 4.79 Å². The van der Waals surface area contributed by atoms with Crippen molar-refractivity contribution in [3.63, 3.8) is 0 Å². The highest BCUT2D eigenvalue weighted by atomic mass is 16.4. The van der Waals surface area contributed by atoms with Crippen molar-refractivity contribution in [1.29, 1.82) is 0 Å². The number of benzene rings is 1. The van der Waals surface area contributed by atoms with Crippen molar-refractivity contribution < 1.29 is 19.8 Å². The number of carboxylic acid groups (broad SMARTS) is 1. The predicted molar refractivity (Wildman–Crippen MR) is 70.0 cm³/mol. The highest BCUT2D eigenvalue weighted by Gasteiger charge is 2.19. The highest BCUT2D eigenvalue weighted by molar-refractivity contribution is 5.97. The molecule has 7 heteroatoms. The molecule has 0 fully saturated rings. The van der Waals surface area contributed by atoms with Gasteiger partial charge >= 0.3 is 5.97 Å². The van der Waals surface area contributed by atoms with Crippen LogP contribution < -0.4 is 5.32 Å². The van der Waals surface area contributed by atoms with Crippen molar-refractivity contribution in [3.05, 3.63) is 42.2 Å². The Kier molecular flexibility index (Phi) is 4.11. The van der Waals surface area contributed by atoms with Crippen LogP contribution in [0.2, 0.25) is 0 Å². The molecule has 0 saturated carbocycles. The second-order valence-electron chi connectivity index (χ2n) is 4.11. The first-order chi connectivity index (χ1) is 9.61. The maximum atomic E-state index is 11.8. The lowest BCUT2D eigenvalue weighted by atomic mass is 10.1. The Labute approximate surface area is 114 Å². The Morgan fingerprint density at radius 1 is 1.25 bits per heavy atom. The molecular weight excluding hydrogens is 262 g/mol. The van der Waals surface area contributed by atoms with Gasteiger partial charge in [-0.05, 0) is 17.7 Å². The largest absolute Gasteiger partial charge is 0.480 e. The van der Waals surface area contributed by atoms with Gasteiger partial charge in [-0.2, -0.15) is 5.10 Å². The first kappa shape index (κ1) is 13.8. The third-order valence-electron chi connectivity index (χ3n) is 2.76. The van der Waals surface area contributed by atoms with Gasteiger partial charge in [0.2, 0.25) is 0 Å². The van der Waals surface area contributed by atoms with Crippen LogP contribution in [0.4, 0.5) is 0 Å². The average Bonchev–Trinajstić information content (AvgIpc) is 2.98. The van der Waals surface area contributed by atoms with Crippen LogP contribution >= 0.6 is 0 Å². The zero-order valence-electron chi connectivity index (χ0n) is 10.4. The molecule has 1 aromatic carbocycles. The fraction of sp³-hybridized carbons (Fsp3) is 0.154. The van der Waals surface area contributed by atoms with E-state index in [1.165, 1.54) is 0 Å². The summed E-state index contributed by atoms with van der Waals surface area (Å²) in [6, 6.07) is 5.31. The lowest BCUT2D eigenvalue weighted by molar-refractivity contribution is -0.140. The lowest BCUT2D eigenvalue weighted by Crippen LogP contribution is -2.43. The minimum atomic E-state index is -1.31. The van der Waals surface area contributed by atoms with E-state index >= 15 is 0 Å². The number of carbonyl (C=O) groups is 2. The monoisotopic (exact) mass is 275 g/mol. The van der Waals surface area contributed by atoms with Gasteiger partial charge in [-0.3, -0.25) is 9.89 Å². The van der Waals surface area contributed by atoms with Gasteiger partial charge in [0.05, 0.1) is 12.8 Å². The molecule has 2 rings (SSSR count). The zero-order valence-corrected chi connectivity index (χ0v) is 10.4. The van der Waals surface area contributed by atoms with E-state index in [9.17, 15) is 9.59 Å². The molecule has 20 heavy (non-hydrogen) atoms.